The van der Waals surface area contributed by atoms with Gasteiger partial charge >= 0.3 is 6.18 Å². The van der Waals surface area contributed by atoms with Gasteiger partial charge in [0.15, 0.2) is 0 Å². The molecule has 7 heteroatoms. The molecule has 1 aromatic rings. The summed E-state index contributed by atoms with van der Waals surface area (Å²) in [5.74, 6) is -1.79. The van der Waals surface area contributed by atoms with Gasteiger partial charge in [0.1, 0.15) is 5.92 Å². The van der Waals surface area contributed by atoms with Gasteiger partial charge in [0, 0.05) is 0 Å². The number of amides is 1. The summed E-state index contributed by atoms with van der Waals surface area (Å²) < 4.78 is 38.5. The summed E-state index contributed by atoms with van der Waals surface area (Å²) in [5.41, 5.74) is -1.55. The lowest BCUT2D eigenvalue weighted by Crippen LogP contribution is -2.23. The number of nitriles is 1. The van der Waals surface area contributed by atoms with Gasteiger partial charge in [-0.05, 0) is 18.6 Å². The molecule has 1 amide bonds. The van der Waals surface area contributed by atoms with Crippen LogP contribution in [0.3, 0.4) is 0 Å². The van der Waals surface area contributed by atoms with Gasteiger partial charge in [0.25, 0.3) is 0 Å². The molecule has 0 heterocycles. The predicted octanol–water partition coefficient (Wildman–Crippen LogP) is 4.24. The van der Waals surface area contributed by atoms with Gasteiger partial charge in [-0.3, -0.25) is 4.79 Å². The molecule has 0 aliphatic carbocycles. The van der Waals surface area contributed by atoms with E-state index in [-0.39, 0.29) is 11.4 Å². The first kappa shape index (κ1) is 16.3. The molecule has 0 aromatic heterocycles. The van der Waals surface area contributed by atoms with E-state index in [0.29, 0.717) is 6.42 Å². The first-order valence-electron chi connectivity index (χ1n) is 5.87. The van der Waals surface area contributed by atoms with E-state index in [4.69, 9.17) is 16.9 Å². The molecule has 20 heavy (non-hydrogen) atoms. The SMILES string of the molecule is CCCC(C#N)C(=O)Nc1c(Cl)cccc1C(F)(F)F. The summed E-state index contributed by atoms with van der Waals surface area (Å²) in [5, 5.41) is 10.7. The Labute approximate surface area is 119 Å². The lowest BCUT2D eigenvalue weighted by atomic mass is 10.0. The number of rotatable bonds is 4. The Morgan fingerprint density at radius 3 is 2.65 bits per heavy atom. The first-order valence-corrected chi connectivity index (χ1v) is 6.25. The van der Waals surface area contributed by atoms with E-state index in [0.717, 1.165) is 12.1 Å². The minimum atomic E-state index is -4.64. The average Bonchev–Trinajstić information content (AvgIpc) is 2.36. The molecule has 0 aliphatic rings. The highest BCUT2D eigenvalue weighted by Gasteiger charge is 2.35. The van der Waals surface area contributed by atoms with Gasteiger partial charge in [0.2, 0.25) is 5.91 Å². The molecule has 1 unspecified atom stereocenters. The van der Waals surface area contributed by atoms with Crippen molar-refractivity contribution < 1.29 is 18.0 Å². The third-order valence-electron chi connectivity index (χ3n) is 2.62. The summed E-state index contributed by atoms with van der Waals surface area (Å²) in [6.07, 6.45) is -3.80. The maximum Gasteiger partial charge on any atom is 0.418 e. The summed E-state index contributed by atoms with van der Waals surface area (Å²) in [6, 6.07) is 4.98. The Morgan fingerprint density at radius 2 is 2.15 bits per heavy atom. The van der Waals surface area contributed by atoms with Crippen LogP contribution in [0.15, 0.2) is 18.2 Å². The summed E-state index contributed by atoms with van der Waals surface area (Å²) in [4.78, 5) is 11.8. The Bertz CT molecular complexity index is 537. The van der Waals surface area contributed by atoms with Gasteiger partial charge in [-0.25, -0.2) is 0 Å². The van der Waals surface area contributed by atoms with E-state index in [1.807, 2.05) is 0 Å². The molecule has 0 fully saturated rings. The highest BCUT2D eigenvalue weighted by molar-refractivity contribution is 6.34. The average molecular weight is 305 g/mol. The first-order chi connectivity index (χ1) is 9.31. The van der Waals surface area contributed by atoms with Crippen molar-refractivity contribution in [3.05, 3.63) is 28.8 Å². The van der Waals surface area contributed by atoms with Crippen LogP contribution in [0.4, 0.5) is 18.9 Å². The molecule has 1 aromatic carbocycles. The fourth-order valence-electron chi connectivity index (χ4n) is 1.64. The Morgan fingerprint density at radius 1 is 1.50 bits per heavy atom. The third kappa shape index (κ3) is 3.87. The number of hydrogen-bond donors (Lipinski definition) is 1. The number of alkyl halides is 3. The molecule has 0 spiro atoms. The molecular formula is C13H12ClF3N2O. The molecule has 0 saturated heterocycles. The number of hydrogen-bond acceptors (Lipinski definition) is 2. The molecule has 0 aliphatic heterocycles. The zero-order valence-electron chi connectivity index (χ0n) is 10.6. The molecule has 108 valence electrons. The molecule has 0 bridgehead atoms. The second-order valence-corrected chi connectivity index (χ2v) is 4.53. The largest absolute Gasteiger partial charge is 0.418 e. The van der Waals surface area contributed by atoms with Crippen LogP contribution in [0.5, 0.6) is 0 Å². The number of halogens is 4. The highest BCUT2D eigenvalue weighted by Crippen LogP contribution is 2.38. The van der Waals surface area contributed by atoms with Crippen LogP contribution in [0.25, 0.3) is 0 Å². The van der Waals surface area contributed by atoms with Gasteiger partial charge < -0.3 is 5.32 Å². The fraction of sp³-hybridized carbons (Fsp3) is 0.385. The van der Waals surface area contributed by atoms with Gasteiger partial charge in [-0.1, -0.05) is 31.0 Å². The van der Waals surface area contributed by atoms with E-state index >= 15 is 0 Å². The molecule has 1 N–H and O–H groups in total. The van der Waals surface area contributed by atoms with E-state index in [1.54, 1.807) is 13.0 Å². The summed E-state index contributed by atoms with van der Waals surface area (Å²) >= 11 is 5.71. The van der Waals surface area contributed by atoms with Gasteiger partial charge in [-0.2, -0.15) is 18.4 Å². The smallest absolute Gasteiger partial charge is 0.323 e. The van der Waals surface area contributed by atoms with E-state index < -0.39 is 29.3 Å². The Hall–Kier alpha value is -1.74. The molecule has 1 atom stereocenters. The van der Waals surface area contributed by atoms with Crippen molar-refractivity contribution >= 4 is 23.2 Å². The molecule has 1 rings (SSSR count). The highest BCUT2D eigenvalue weighted by atomic mass is 35.5. The number of nitrogens with zero attached hydrogens (tertiary/aromatic N) is 1. The van der Waals surface area contributed by atoms with E-state index in [9.17, 15) is 18.0 Å². The zero-order chi connectivity index (χ0) is 15.3. The summed E-state index contributed by atoms with van der Waals surface area (Å²) in [7, 11) is 0. The molecular weight excluding hydrogens is 293 g/mol. The lowest BCUT2D eigenvalue weighted by molar-refractivity contribution is -0.137. The van der Waals surface area contributed by atoms with Gasteiger partial charge in [-0.15, -0.1) is 0 Å². The Kier molecular flexibility index (Phi) is 5.40. The standard InChI is InChI=1S/C13H12ClF3N2O/c1-2-4-8(7-18)12(20)19-11-9(13(15,16)17)5-3-6-10(11)14/h3,5-6,8H,2,4H2,1H3,(H,19,20). The zero-order valence-corrected chi connectivity index (χ0v) is 11.3. The topological polar surface area (TPSA) is 52.9 Å². The van der Waals surface area contributed by atoms with Crippen molar-refractivity contribution in [1.82, 2.24) is 0 Å². The molecule has 0 radical (unpaired) electrons. The molecule has 0 saturated carbocycles. The van der Waals surface area contributed by atoms with Crippen LogP contribution >= 0.6 is 11.6 Å². The number of carbonyl (C=O) groups excluding carboxylic acids is 1. The second-order valence-electron chi connectivity index (χ2n) is 4.12. The van der Waals surface area contributed by atoms with Crippen LogP contribution in [0.2, 0.25) is 5.02 Å². The minimum absolute atomic E-state index is 0.221. The van der Waals surface area contributed by atoms with Crippen LogP contribution in [0.1, 0.15) is 25.3 Å². The minimum Gasteiger partial charge on any atom is -0.323 e. The van der Waals surface area contributed by atoms with Crippen molar-refractivity contribution in [3.8, 4) is 6.07 Å². The normalized spacial score (nSPS) is 12.6. The second kappa shape index (κ2) is 6.62. The van der Waals surface area contributed by atoms with Crippen LogP contribution in [-0.2, 0) is 11.0 Å². The van der Waals surface area contributed by atoms with Crippen molar-refractivity contribution in [1.29, 1.82) is 5.26 Å². The maximum atomic E-state index is 12.8. The quantitative estimate of drug-likeness (QED) is 0.904. The van der Waals surface area contributed by atoms with Crippen LogP contribution in [-0.4, -0.2) is 5.91 Å². The maximum absolute atomic E-state index is 12.8. The predicted molar refractivity (Wildman–Crippen MR) is 69.1 cm³/mol. The van der Waals surface area contributed by atoms with E-state index in [1.165, 1.54) is 6.07 Å². The van der Waals surface area contributed by atoms with Crippen LogP contribution in [0, 0.1) is 17.2 Å². The summed E-state index contributed by atoms with van der Waals surface area (Å²) in [6.45, 7) is 1.77. The Balaban J connectivity index is 3.09. The van der Waals surface area contributed by atoms with Crippen molar-refractivity contribution in [2.24, 2.45) is 5.92 Å². The van der Waals surface area contributed by atoms with Gasteiger partial charge in [0.05, 0.1) is 22.3 Å². The lowest BCUT2D eigenvalue weighted by Gasteiger charge is -2.16. The van der Waals surface area contributed by atoms with Crippen molar-refractivity contribution in [2.75, 3.05) is 5.32 Å². The fourth-order valence-corrected chi connectivity index (χ4v) is 1.86. The monoisotopic (exact) mass is 304 g/mol. The third-order valence-corrected chi connectivity index (χ3v) is 2.93. The van der Waals surface area contributed by atoms with E-state index in [2.05, 4.69) is 5.32 Å². The number of para-hydroxylation sites is 1. The number of nitrogens with one attached hydrogen (secondary N) is 1. The van der Waals surface area contributed by atoms with Crippen molar-refractivity contribution in [2.45, 2.75) is 25.9 Å². The van der Waals surface area contributed by atoms with Crippen molar-refractivity contribution in [3.63, 3.8) is 0 Å². The number of benzene rings is 1. The number of anilines is 1. The van der Waals surface area contributed by atoms with Crippen LogP contribution < -0.4 is 5.32 Å². The molecule has 3 nitrogen and oxygen atoms in total. The number of carbonyl (C=O) groups is 1.